The molecule has 1 amide bonds. The van der Waals surface area contributed by atoms with Crippen LogP contribution in [0.25, 0.3) is 5.78 Å². The van der Waals surface area contributed by atoms with E-state index in [1.165, 1.54) is 21.9 Å². The zero-order chi connectivity index (χ0) is 14.5. The molecule has 0 fully saturated rings. The second kappa shape index (κ2) is 6.40. The Labute approximate surface area is 115 Å². The van der Waals surface area contributed by atoms with E-state index in [4.69, 9.17) is 10.2 Å². The van der Waals surface area contributed by atoms with Crippen molar-refractivity contribution in [2.75, 3.05) is 26.3 Å². The number of hydrogen-bond donors (Lipinski definition) is 2. The molecule has 0 unspecified atom stereocenters. The Hall–Kier alpha value is -2.06. The molecule has 0 radical (unpaired) electrons. The molecule has 0 atom stereocenters. The van der Waals surface area contributed by atoms with Gasteiger partial charge in [0, 0.05) is 19.3 Å². The molecule has 0 bridgehead atoms. The van der Waals surface area contributed by atoms with E-state index in [1.807, 2.05) is 6.92 Å². The van der Waals surface area contributed by atoms with Crippen LogP contribution in [-0.4, -0.2) is 66.9 Å². The van der Waals surface area contributed by atoms with E-state index in [2.05, 4.69) is 15.1 Å². The van der Waals surface area contributed by atoms with E-state index in [-0.39, 0.29) is 32.2 Å². The van der Waals surface area contributed by atoms with Gasteiger partial charge in [0.2, 0.25) is 0 Å². The van der Waals surface area contributed by atoms with E-state index in [0.717, 1.165) is 0 Å². The number of aliphatic hydroxyl groups is 2. The molecule has 0 aliphatic carbocycles. The molecule has 2 aromatic rings. The predicted molar refractivity (Wildman–Crippen MR) is 70.2 cm³/mol. The van der Waals surface area contributed by atoms with Gasteiger partial charge in [-0.2, -0.15) is 10.1 Å². The van der Waals surface area contributed by atoms with E-state index >= 15 is 0 Å². The van der Waals surface area contributed by atoms with Gasteiger partial charge in [-0.15, -0.1) is 0 Å². The molecule has 0 saturated heterocycles. The molecule has 2 aromatic heterocycles. The highest BCUT2D eigenvalue weighted by Gasteiger charge is 2.20. The lowest BCUT2D eigenvalue weighted by Crippen LogP contribution is -2.36. The van der Waals surface area contributed by atoms with E-state index < -0.39 is 0 Å². The molecule has 108 valence electrons. The number of fused-ring (bicyclic) bond motifs is 1. The molecule has 8 heteroatoms. The summed E-state index contributed by atoms with van der Waals surface area (Å²) in [5.41, 5.74) is 1.12. The molecule has 0 aliphatic heterocycles. The first-order valence-corrected chi connectivity index (χ1v) is 6.41. The second-order valence-electron chi connectivity index (χ2n) is 4.18. The highest BCUT2D eigenvalue weighted by atomic mass is 16.3. The maximum Gasteiger partial charge on any atom is 0.257 e. The van der Waals surface area contributed by atoms with Gasteiger partial charge in [-0.3, -0.25) is 4.79 Å². The maximum absolute atomic E-state index is 12.5. The Kier molecular flexibility index (Phi) is 4.59. The third kappa shape index (κ3) is 2.61. The molecule has 0 aromatic carbocycles. The standard InChI is InChI=1S/C12H17N5O3/c1-2-10-9(7-13-12-14-8-15-17(10)12)11(20)16(3-5-18)4-6-19/h7-8,18-19H,2-6H2,1H3. The van der Waals surface area contributed by atoms with E-state index in [1.54, 1.807) is 0 Å². The predicted octanol–water partition coefficient (Wildman–Crippen LogP) is -0.887. The van der Waals surface area contributed by atoms with Gasteiger partial charge in [0.15, 0.2) is 0 Å². The van der Waals surface area contributed by atoms with Crippen LogP contribution in [0.4, 0.5) is 0 Å². The molecule has 2 N–H and O–H groups in total. The van der Waals surface area contributed by atoms with Crippen LogP contribution in [0.2, 0.25) is 0 Å². The van der Waals surface area contributed by atoms with Crippen LogP contribution in [0.5, 0.6) is 0 Å². The molecular weight excluding hydrogens is 262 g/mol. The Morgan fingerprint density at radius 2 is 2.00 bits per heavy atom. The number of amides is 1. The molecule has 8 nitrogen and oxygen atoms in total. The lowest BCUT2D eigenvalue weighted by molar-refractivity contribution is 0.0682. The SMILES string of the molecule is CCc1c(C(=O)N(CCO)CCO)cnc2ncnn12. The highest BCUT2D eigenvalue weighted by Crippen LogP contribution is 2.12. The van der Waals surface area contributed by atoms with Crippen molar-refractivity contribution in [3.8, 4) is 0 Å². The van der Waals surface area contributed by atoms with Gasteiger partial charge in [-0.1, -0.05) is 6.92 Å². The van der Waals surface area contributed by atoms with Gasteiger partial charge in [0.1, 0.15) is 6.33 Å². The van der Waals surface area contributed by atoms with Crippen LogP contribution in [-0.2, 0) is 6.42 Å². The van der Waals surface area contributed by atoms with Crippen LogP contribution >= 0.6 is 0 Å². The van der Waals surface area contributed by atoms with Gasteiger partial charge in [0.05, 0.1) is 24.5 Å². The van der Waals surface area contributed by atoms with Gasteiger partial charge < -0.3 is 15.1 Å². The third-order valence-corrected chi connectivity index (χ3v) is 3.00. The first-order chi connectivity index (χ1) is 9.72. The normalized spacial score (nSPS) is 10.9. The van der Waals surface area contributed by atoms with Gasteiger partial charge in [-0.05, 0) is 6.42 Å². The number of aromatic nitrogens is 4. The summed E-state index contributed by atoms with van der Waals surface area (Å²) in [6.45, 7) is 1.92. The second-order valence-corrected chi connectivity index (χ2v) is 4.18. The fraction of sp³-hybridized carbons (Fsp3) is 0.500. The minimum atomic E-state index is -0.283. The molecule has 0 saturated carbocycles. The Morgan fingerprint density at radius 1 is 1.30 bits per heavy atom. The van der Waals surface area contributed by atoms with Crippen LogP contribution in [0.1, 0.15) is 23.0 Å². The number of carbonyl (C=O) groups is 1. The quantitative estimate of drug-likeness (QED) is 0.711. The molecule has 0 aliphatic rings. The summed E-state index contributed by atoms with van der Waals surface area (Å²) in [6, 6.07) is 0. The Morgan fingerprint density at radius 3 is 2.60 bits per heavy atom. The summed E-state index contributed by atoms with van der Waals surface area (Å²) in [4.78, 5) is 21.9. The minimum Gasteiger partial charge on any atom is -0.395 e. The van der Waals surface area contributed by atoms with Crippen LogP contribution in [0, 0.1) is 0 Å². The van der Waals surface area contributed by atoms with E-state index in [0.29, 0.717) is 23.5 Å². The van der Waals surface area contributed by atoms with Crippen LogP contribution < -0.4 is 0 Å². The third-order valence-electron chi connectivity index (χ3n) is 3.00. The lowest BCUT2D eigenvalue weighted by atomic mass is 10.1. The van der Waals surface area contributed by atoms with Gasteiger partial charge in [-0.25, -0.2) is 9.50 Å². The van der Waals surface area contributed by atoms with Crippen molar-refractivity contribution in [1.29, 1.82) is 0 Å². The van der Waals surface area contributed by atoms with Gasteiger partial charge >= 0.3 is 0 Å². The van der Waals surface area contributed by atoms with Crippen molar-refractivity contribution in [3.05, 3.63) is 23.8 Å². The molecule has 2 rings (SSSR count). The Balaban J connectivity index is 2.42. The summed E-state index contributed by atoms with van der Waals surface area (Å²) in [5.74, 6) is 0.157. The summed E-state index contributed by atoms with van der Waals surface area (Å²) in [5, 5.41) is 22.1. The summed E-state index contributed by atoms with van der Waals surface area (Å²) in [7, 11) is 0. The van der Waals surface area contributed by atoms with Crippen LogP contribution in [0.15, 0.2) is 12.5 Å². The topological polar surface area (TPSA) is 104 Å². The first kappa shape index (κ1) is 14.4. The van der Waals surface area contributed by atoms with Crippen molar-refractivity contribution < 1.29 is 15.0 Å². The number of nitrogens with zero attached hydrogens (tertiary/aromatic N) is 5. The largest absolute Gasteiger partial charge is 0.395 e. The van der Waals surface area contributed by atoms with E-state index in [9.17, 15) is 4.79 Å². The number of hydrogen-bond acceptors (Lipinski definition) is 6. The number of aryl methyl sites for hydroxylation is 1. The van der Waals surface area contributed by atoms with Crippen molar-refractivity contribution in [3.63, 3.8) is 0 Å². The highest BCUT2D eigenvalue weighted by molar-refractivity contribution is 5.95. The monoisotopic (exact) mass is 279 g/mol. The zero-order valence-corrected chi connectivity index (χ0v) is 11.2. The lowest BCUT2D eigenvalue weighted by Gasteiger charge is -2.21. The smallest absolute Gasteiger partial charge is 0.257 e. The molecule has 2 heterocycles. The molecule has 20 heavy (non-hydrogen) atoms. The molecular formula is C12H17N5O3. The van der Waals surface area contributed by atoms with Crippen molar-refractivity contribution in [2.24, 2.45) is 0 Å². The minimum absolute atomic E-state index is 0.161. The number of carbonyl (C=O) groups excluding carboxylic acids is 1. The number of aliphatic hydroxyl groups excluding tert-OH is 2. The first-order valence-electron chi connectivity index (χ1n) is 6.41. The average Bonchev–Trinajstić information content (AvgIpc) is 2.93. The summed E-state index contributed by atoms with van der Waals surface area (Å²) in [6.07, 6.45) is 3.44. The van der Waals surface area contributed by atoms with Crippen LogP contribution in [0.3, 0.4) is 0 Å². The Bertz CT molecular complexity index is 592. The zero-order valence-electron chi connectivity index (χ0n) is 11.2. The molecule has 0 spiro atoms. The van der Waals surface area contributed by atoms with Crippen molar-refractivity contribution in [2.45, 2.75) is 13.3 Å². The fourth-order valence-corrected chi connectivity index (χ4v) is 2.07. The fourth-order valence-electron chi connectivity index (χ4n) is 2.07. The maximum atomic E-state index is 12.5. The summed E-state index contributed by atoms with van der Waals surface area (Å²) < 4.78 is 1.53. The summed E-state index contributed by atoms with van der Waals surface area (Å²) >= 11 is 0. The average molecular weight is 279 g/mol. The van der Waals surface area contributed by atoms with Crippen molar-refractivity contribution >= 4 is 11.7 Å². The van der Waals surface area contributed by atoms with Crippen molar-refractivity contribution in [1.82, 2.24) is 24.5 Å². The number of rotatable bonds is 6. The van der Waals surface area contributed by atoms with Gasteiger partial charge in [0.25, 0.3) is 11.7 Å².